The van der Waals surface area contributed by atoms with Gasteiger partial charge in [0.25, 0.3) is 0 Å². The molecule has 0 aromatic rings. The van der Waals surface area contributed by atoms with E-state index in [9.17, 15) is 0 Å². The highest BCUT2D eigenvalue weighted by atomic mass is 32.2. The van der Waals surface area contributed by atoms with E-state index in [0.717, 1.165) is 18.3 Å². The minimum Gasteiger partial charge on any atom is -0.365 e. The summed E-state index contributed by atoms with van der Waals surface area (Å²) in [5.41, 5.74) is 0.380. The lowest BCUT2D eigenvalue weighted by atomic mass is 9.97. The highest BCUT2D eigenvalue weighted by Crippen LogP contribution is 2.26. The van der Waals surface area contributed by atoms with Gasteiger partial charge in [0, 0.05) is 18.8 Å². The number of nitrogens with zero attached hydrogens (tertiary/aromatic N) is 2. The molecule has 17 heavy (non-hydrogen) atoms. The predicted octanol–water partition coefficient (Wildman–Crippen LogP) is 2.19. The molecular formula is C13H25N3S. The van der Waals surface area contributed by atoms with Gasteiger partial charge < -0.3 is 10.2 Å². The van der Waals surface area contributed by atoms with E-state index in [4.69, 9.17) is 0 Å². The zero-order chi connectivity index (χ0) is 12.1. The van der Waals surface area contributed by atoms with E-state index in [1.54, 1.807) is 0 Å². The van der Waals surface area contributed by atoms with Crippen molar-refractivity contribution in [2.24, 2.45) is 10.4 Å². The van der Waals surface area contributed by atoms with Crippen LogP contribution in [0.15, 0.2) is 4.99 Å². The molecule has 98 valence electrons. The Hall–Kier alpha value is -0.220. The minimum atomic E-state index is 0.380. The number of nitrogens with one attached hydrogen (secondary N) is 1. The molecule has 2 heterocycles. The first kappa shape index (κ1) is 13.2. The lowest BCUT2D eigenvalue weighted by molar-refractivity contribution is 0.334. The summed E-state index contributed by atoms with van der Waals surface area (Å²) in [6, 6.07) is 0. The number of hydrogen-bond donors (Lipinski definition) is 1. The van der Waals surface area contributed by atoms with E-state index in [1.165, 1.54) is 44.6 Å². The van der Waals surface area contributed by atoms with Crippen LogP contribution in [0.4, 0.5) is 0 Å². The third-order valence-electron chi connectivity index (χ3n) is 3.38. The van der Waals surface area contributed by atoms with Crippen molar-refractivity contribution < 1.29 is 0 Å². The molecule has 2 rings (SSSR count). The molecule has 0 atom stereocenters. The molecule has 0 aromatic carbocycles. The summed E-state index contributed by atoms with van der Waals surface area (Å²) < 4.78 is 0. The summed E-state index contributed by atoms with van der Waals surface area (Å²) in [4.78, 5) is 7.18. The smallest absolute Gasteiger partial charge is 0.156 e. The fourth-order valence-corrected chi connectivity index (χ4v) is 3.23. The van der Waals surface area contributed by atoms with Gasteiger partial charge in [-0.15, -0.1) is 0 Å². The summed E-state index contributed by atoms with van der Waals surface area (Å²) in [6.07, 6.45) is 4.03. The lowest BCUT2D eigenvalue weighted by Gasteiger charge is -2.27. The van der Waals surface area contributed by atoms with Crippen LogP contribution >= 0.6 is 11.8 Å². The number of likely N-dealkylation sites (tertiary alicyclic amines) is 1. The van der Waals surface area contributed by atoms with E-state index in [0.29, 0.717) is 5.41 Å². The summed E-state index contributed by atoms with van der Waals surface area (Å²) in [5, 5.41) is 4.63. The molecule has 0 unspecified atom stereocenters. The fourth-order valence-electron chi connectivity index (χ4n) is 2.25. The van der Waals surface area contributed by atoms with Gasteiger partial charge in [0.05, 0.1) is 0 Å². The second-order valence-corrected chi connectivity index (χ2v) is 6.87. The molecular weight excluding hydrogens is 230 g/mol. The number of amidine groups is 1. The van der Waals surface area contributed by atoms with Gasteiger partial charge in [0.15, 0.2) is 5.17 Å². The summed E-state index contributed by atoms with van der Waals surface area (Å²) in [5.74, 6) is 1.19. The van der Waals surface area contributed by atoms with Crippen LogP contribution in [0, 0.1) is 5.41 Å². The molecule has 1 N–H and O–H groups in total. The molecule has 2 aliphatic heterocycles. The molecule has 0 amide bonds. The van der Waals surface area contributed by atoms with E-state index in [2.05, 4.69) is 29.1 Å². The van der Waals surface area contributed by atoms with Crippen molar-refractivity contribution >= 4 is 16.9 Å². The first-order chi connectivity index (χ1) is 8.16. The second-order valence-electron chi connectivity index (χ2n) is 5.90. The molecule has 0 bridgehead atoms. The molecule has 4 heteroatoms. The van der Waals surface area contributed by atoms with Crippen LogP contribution in [0.25, 0.3) is 0 Å². The van der Waals surface area contributed by atoms with Crippen LogP contribution in [-0.2, 0) is 0 Å². The largest absolute Gasteiger partial charge is 0.365 e. The van der Waals surface area contributed by atoms with E-state index in [-0.39, 0.29) is 0 Å². The highest BCUT2D eigenvalue weighted by Gasteiger charge is 2.23. The highest BCUT2D eigenvalue weighted by molar-refractivity contribution is 8.13. The average molecular weight is 255 g/mol. The maximum Gasteiger partial charge on any atom is 0.156 e. The van der Waals surface area contributed by atoms with Crippen molar-refractivity contribution in [2.45, 2.75) is 33.1 Å². The number of aliphatic imine (C=N–C) groups is 1. The van der Waals surface area contributed by atoms with Crippen LogP contribution in [0.2, 0.25) is 0 Å². The summed E-state index contributed by atoms with van der Waals surface area (Å²) in [7, 11) is 0. The van der Waals surface area contributed by atoms with E-state index < -0.39 is 0 Å². The quantitative estimate of drug-likeness (QED) is 0.780. The zero-order valence-corrected chi connectivity index (χ0v) is 12.0. The van der Waals surface area contributed by atoms with Crippen LogP contribution in [0.3, 0.4) is 0 Å². The van der Waals surface area contributed by atoms with Gasteiger partial charge in [-0.25, -0.2) is 0 Å². The van der Waals surface area contributed by atoms with Crippen molar-refractivity contribution in [3.05, 3.63) is 0 Å². The molecule has 1 saturated heterocycles. The van der Waals surface area contributed by atoms with Gasteiger partial charge in [-0.3, -0.25) is 4.99 Å². The Morgan fingerprint density at radius 1 is 1.35 bits per heavy atom. The first-order valence-corrected chi connectivity index (χ1v) is 7.78. The topological polar surface area (TPSA) is 27.6 Å². The average Bonchev–Trinajstić information content (AvgIpc) is 2.79. The van der Waals surface area contributed by atoms with E-state index in [1.807, 2.05) is 11.8 Å². The van der Waals surface area contributed by atoms with Crippen molar-refractivity contribution in [1.29, 1.82) is 0 Å². The Kier molecular flexibility index (Phi) is 4.74. The van der Waals surface area contributed by atoms with Crippen LogP contribution in [0.5, 0.6) is 0 Å². The summed E-state index contributed by atoms with van der Waals surface area (Å²) in [6.45, 7) is 10.5. The molecule has 2 aliphatic rings. The molecule has 0 saturated carbocycles. The van der Waals surface area contributed by atoms with Crippen molar-refractivity contribution in [3.63, 3.8) is 0 Å². The standard InChI is InChI=1S/C13H25N3S/c1-13(2)10-15-12(17-11-13)14-6-5-9-16-7-3-4-8-16/h3-11H2,1-2H3,(H,14,15). The Labute approximate surface area is 109 Å². The molecule has 1 fully saturated rings. The van der Waals surface area contributed by atoms with Gasteiger partial charge in [0.2, 0.25) is 0 Å². The van der Waals surface area contributed by atoms with Gasteiger partial charge in [-0.05, 0) is 44.3 Å². The Balaban J connectivity index is 1.57. The van der Waals surface area contributed by atoms with E-state index >= 15 is 0 Å². The first-order valence-electron chi connectivity index (χ1n) is 6.79. The third-order valence-corrected chi connectivity index (χ3v) is 4.85. The SMILES string of the molecule is CC1(C)CN=C(NCCCN2CCCC2)SC1. The van der Waals surface area contributed by atoms with Crippen molar-refractivity contribution in [1.82, 2.24) is 10.2 Å². The number of hydrogen-bond acceptors (Lipinski definition) is 4. The van der Waals surface area contributed by atoms with Crippen molar-refractivity contribution in [3.8, 4) is 0 Å². The number of rotatable bonds is 4. The monoisotopic (exact) mass is 255 g/mol. The van der Waals surface area contributed by atoms with Crippen LogP contribution in [-0.4, -0.2) is 48.5 Å². The molecule has 3 nitrogen and oxygen atoms in total. The van der Waals surface area contributed by atoms with Crippen LogP contribution < -0.4 is 5.32 Å². The Bertz CT molecular complexity index is 270. The van der Waals surface area contributed by atoms with Gasteiger partial charge in [-0.1, -0.05) is 25.6 Å². The lowest BCUT2D eigenvalue weighted by Crippen LogP contribution is -2.32. The summed E-state index contributed by atoms with van der Waals surface area (Å²) >= 11 is 1.88. The maximum atomic E-state index is 4.61. The van der Waals surface area contributed by atoms with Gasteiger partial charge in [-0.2, -0.15) is 0 Å². The predicted molar refractivity (Wildman–Crippen MR) is 76.8 cm³/mol. The Morgan fingerprint density at radius 2 is 2.12 bits per heavy atom. The fraction of sp³-hybridized carbons (Fsp3) is 0.923. The number of thioether (sulfide) groups is 1. The van der Waals surface area contributed by atoms with Gasteiger partial charge in [0.1, 0.15) is 0 Å². The third kappa shape index (κ3) is 4.51. The molecule has 0 aliphatic carbocycles. The zero-order valence-electron chi connectivity index (χ0n) is 11.2. The minimum absolute atomic E-state index is 0.380. The maximum absolute atomic E-state index is 4.61. The Morgan fingerprint density at radius 3 is 2.76 bits per heavy atom. The van der Waals surface area contributed by atoms with Crippen molar-refractivity contribution in [2.75, 3.05) is 38.5 Å². The second kappa shape index (κ2) is 6.10. The van der Waals surface area contributed by atoms with Crippen LogP contribution in [0.1, 0.15) is 33.1 Å². The van der Waals surface area contributed by atoms with Gasteiger partial charge >= 0.3 is 0 Å². The molecule has 0 radical (unpaired) electrons. The normalized spacial score (nSPS) is 24.7. The molecule has 0 spiro atoms. The molecule has 0 aromatic heterocycles.